The summed E-state index contributed by atoms with van der Waals surface area (Å²) in [6.07, 6.45) is -4.68. The Bertz CT molecular complexity index is 312. The van der Waals surface area contributed by atoms with E-state index in [0.717, 1.165) is 24.3 Å². The van der Waals surface area contributed by atoms with Crippen LogP contribution in [0.2, 0.25) is 0 Å². The summed E-state index contributed by atoms with van der Waals surface area (Å²) in [5, 5.41) is 6.70. The molecule has 0 amide bonds. The fourth-order valence-corrected chi connectivity index (χ4v) is 0.780. The Labute approximate surface area is 71.5 Å². The average molecular weight is 191 g/mol. The molecule has 0 radical (unpaired) electrons. The van der Waals surface area contributed by atoms with Crippen molar-refractivity contribution >= 4 is 5.71 Å². The molecule has 0 fully saturated rings. The first kappa shape index (κ1) is 9.70. The lowest BCUT2D eigenvalue weighted by Gasteiger charge is -2.07. The molecule has 0 spiro atoms. The van der Waals surface area contributed by atoms with E-state index in [2.05, 4.69) is 0 Å². The quantitative estimate of drug-likeness (QED) is 0.521. The predicted molar refractivity (Wildman–Crippen MR) is 39.3 cm³/mol. The highest BCUT2D eigenvalue weighted by Gasteiger charge is 2.35. The second-order valence-corrected chi connectivity index (χ2v) is 2.38. The Morgan fingerprint density at radius 1 is 1.08 bits per heavy atom. The molecule has 0 saturated heterocycles. The molecule has 1 nitrogen and oxygen atoms in total. The molecule has 5 heteroatoms. The Balaban J connectivity index is 2.97. The zero-order valence-electron chi connectivity index (χ0n) is 6.32. The van der Waals surface area contributed by atoms with Crippen LogP contribution in [-0.4, -0.2) is 11.9 Å². The van der Waals surface area contributed by atoms with E-state index in [1.165, 1.54) is 0 Å². The fraction of sp³-hybridized carbons (Fsp3) is 0.125. The lowest BCUT2D eigenvalue weighted by atomic mass is 10.1. The van der Waals surface area contributed by atoms with Crippen LogP contribution in [0.3, 0.4) is 0 Å². The Morgan fingerprint density at radius 2 is 1.54 bits per heavy atom. The van der Waals surface area contributed by atoms with Crippen LogP contribution < -0.4 is 0 Å². The standard InChI is InChI=1S/C8H5F4N/c9-6-3-1-5(2-4-6)7(13)8(10,11)12/h1-4,13H. The van der Waals surface area contributed by atoms with Crippen molar-refractivity contribution in [3.63, 3.8) is 0 Å². The van der Waals surface area contributed by atoms with E-state index in [1.54, 1.807) is 0 Å². The third-order valence-electron chi connectivity index (χ3n) is 1.42. The molecule has 0 unspecified atom stereocenters. The average Bonchev–Trinajstić information content (AvgIpc) is 2.03. The number of nitrogens with one attached hydrogen (secondary N) is 1. The minimum absolute atomic E-state index is 0.339. The van der Waals surface area contributed by atoms with Crippen molar-refractivity contribution in [1.82, 2.24) is 0 Å². The van der Waals surface area contributed by atoms with Crippen LogP contribution in [0.15, 0.2) is 24.3 Å². The van der Waals surface area contributed by atoms with Gasteiger partial charge in [0.15, 0.2) is 0 Å². The molecular weight excluding hydrogens is 186 g/mol. The summed E-state index contributed by atoms with van der Waals surface area (Å²) in [6, 6.07) is 3.61. The number of benzene rings is 1. The van der Waals surface area contributed by atoms with Gasteiger partial charge in [-0.05, 0) is 24.3 Å². The molecule has 1 aromatic rings. The van der Waals surface area contributed by atoms with Crippen LogP contribution in [0.5, 0.6) is 0 Å². The van der Waals surface area contributed by atoms with Gasteiger partial charge in [0, 0.05) is 5.56 Å². The number of halogens is 4. The van der Waals surface area contributed by atoms with Crippen molar-refractivity contribution in [1.29, 1.82) is 5.41 Å². The lowest BCUT2D eigenvalue weighted by Crippen LogP contribution is -2.22. The molecule has 13 heavy (non-hydrogen) atoms. The first-order chi connectivity index (χ1) is 5.91. The minimum Gasteiger partial charge on any atom is -0.296 e. The van der Waals surface area contributed by atoms with Crippen LogP contribution in [0, 0.1) is 11.2 Å². The van der Waals surface area contributed by atoms with E-state index < -0.39 is 17.7 Å². The Kier molecular flexibility index (Phi) is 2.36. The third kappa shape index (κ3) is 2.27. The maximum atomic E-state index is 12.3. The molecular formula is C8H5F4N. The molecule has 0 aliphatic rings. The van der Waals surface area contributed by atoms with E-state index in [4.69, 9.17) is 5.41 Å². The lowest BCUT2D eigenvalue weighted by molar-refractivity contribution is -0.0587. The van der Waals surface area contributed by atoms with Crippen LogP contribution in [0.4, 0.5) is 17.6 Å². The molecule has 1 aromatic carbocycles. The van der Waals surface area contributed by atoms with Crippen LogP contribution >= 0.6 is 0 Å². The highest BCUT2D eigenvalue weighted by molar-refractivity contribution is 6.02. The Morgan fingerprint density at radius 3 is 1.92 bits per heavy atom. The van der Waals surface area contributed by atoms with Gasteiger partial charge in [-0.25, -0.2) is 4.39 Å². The summed E-state index contributed by atoms with van der Waals surface area (Å²) < 4.78 is 48.0. The predicted octanol–water partition coefficient (Wildman–Crippen LogP) is 2.76. The number of hydrogen-bond donors (Lipinski definition) is 1. The van der Waals surface area contributed by atoms with Gasteiger partial charge >= 0.3 is 6.18 Å². The first-order valence-electron chi connectivity index (χ1n) is 3.33. The Hall–Kier alpha value is -1.39. The van der Waals surface area contributed by atoms with Crippen molar-refractivity contribution in [2.75, 3.05) is 0 Å². The molecule has 0 saturated carbocycles. The van der Waals surface area contributed by atoms with E-state index in [1.807, 2.05) is 0 Å². The number of alkyl halides is 3. The van der Waals surface area contributed by atoms with Gasteiger partial charge in [-0.3, -0.25) is 5.41 Å². The normalized spacial score (nSPS) is 11.4. The highest BCUT2D eigenvalue weighted by atomic mass is 19.4. The largest absolute Gasteiger partial charge is 0.433 e. The topological polar surface area (TPSA) is 23.9 Å². The first-order valence-corrected chi connectivity index (χ1v) is 3.33. The van der Waals surface area contributed by atoms with Crippen molar-refractivity contribution in [3.05, 3.63) is 35.6 Å². The van der Waals surface area contributed by atoms with Gasteiger partial charge in [-0.2, -0.15) is 13.2 Å². The molecule has 1 N–H and O–H groups in total. The molecule has 0 atom stereocenters. The van der Waals surface area contributed by atoms with E-state index in [9.17, 15) is 17.6 Å². The molecule has 0 heterocycles. The number of rotatable bonds is 1. The van der Waals surface area contributed by atoms with Crippen molar-refractivity contribution in [2.45, 2.75) is 6.18 Å². The van der Waals surface area contributed by atoms with Gasteiger partial charge in [0.2, 0.25) is 0 Å². The van der Waals surface area contributed by atoms with Gasteiger partial charge in [0.1, 0.15) is 11.5 Å². The third-order valence-corrected chi connectivity index (χ3v) is 1.42. The van der Waals surface area contributed by atoms with Crippen molar-refractivity contribution in [2.24, 2.45) is 0 Å². The molecule has 0 aliphatic heterocycles. The zero-order valence-corrected chi connectivity index (χ0v) is 6.32. The van der Waals surface area contributed by atoms with E-state index in [0.29, 0.717) is 0 Å². The maximum absolute atomic E-state index is 12.3. The maximum Gasteiger partial charge on any atom is 0.433 e. The van der Waals surface area contributed by atoms with Crippen LogP contribution in [0.25, 0.3) is 0 Å². The van der Waals surface area contributed by atoms with Gasteiger partial charge in [0.05, 0.1) is 0 Å². The summed E-state index contributed by atoms with van der Waals surface area (Å²) in [6.45, 7) is 0. The number of hydrogen-bond acceptors (Lipinski definition) is 1. The summed E-state index contributed by atoms with van der Waals surface area (Å²) in [4.78, 5) is 0. The summed E-state index contributed by atoms with van der Waals surface area (Å²) in [5.41, 5.74) is -1.80. The SMILES string of the molecule is N=C(c1ccc(F)cc1)C(F)(F)F. The fourth-order valence-electron chi connectivity index (χ4n) is 0.780. The van der Waals surface area contributed by atoms with Crippen LogP contribution in [0.1, 0.15) is 5.56 Å². The highest BCUT2D eigenvalue weighted by Crippen LogP contribution is 2.21. The smallest absolute Gasteiger partial charge is 0.296 e. The molecule has 1 rings (SSSR count). The van der Waals surface area contributed by atoms with Crippen LogP contribution in [-0.2, 0) is 0 Å². The zero-order chi connectivity index (χ0) is 10.1. The van der Waals surface area contributed by atoms with Gasteiger partial charge in [0.25, 0.3) is 0 Å². The van der Waals surface area contributed by atoms with Gasteiger partial charge < -0.3 is 0 Å². The second-order valence-electron chi connectivity index (χ2n) is 2.38. The van der Waals surface area contributed by atoms with Gasteiger partial charge in [-0.1, -0.05) is 0 Å². The molecule has 70 valence electrons. The minimum atomic E-state index is -4.68. The monoisotopic (exact) mass is 191 g/mol. The molecule has 0 aliphatic carbocycles. The summed E-state index contributed by atoms with van der Waals surface area (Å²) in [7, 11) is 0. The van der Waals surface area contributed by atoms with E-state index >= 15 is 0 Å². The molecule has 0 aromatic heterocycles. The second kappa shape index (κ2) is 3.16. The summed E-state index contributed by atoms with van der Waals surface area (Å²) >= 11 is 0. The van der Waals surface area contributed by atoms with Crippen molar-refractivity contribution < 1.29 is 17.6 Å². The molecule has 0 bridgehead atoms. The van der Waals surface area contributed by atoms with E-state index in [-0.39, 0.29) is 5.56 Å². The summed E-state index contributed by atoms with van der Waals surface area (Å²) in [5.74, 6) is -0.626. The van der Waals surface area contributed by atoms with Gasteiger partial charge in [-0.15, -0.1) is 0 Å². The van der Waals surface area contributed by atoms with Crippen molar-refractivity contribution in [3.8, 4) is 0 Å².